The fourth-order valence-electron chi connectivity index (χ4n) is 2.32. The third kappa shape index (κ3) is 4.10. The van der Waals surface area contributed by atoms with E-state index in [2.05, 4.69) is 11.9 Å². The predicted molar refractivity (Wildman–Crippen MR) is 79.7 cm³/mol. The second-order valence-corrected chi connectivity index (χ2v) is 4.90. The lowest BCUT2D eigenvalue weighted by molar-refractivity contribution is -0.129. The van der Waals surface area contributed by atoms with Crippen LogP contribution in [0.2, 0.25) is 0 Å². The molecular weight excluding hydrogens is 252 g/mol. The Morgan fingerprint density at radius 2 is 2.10 bits per heavy atom. The van der Waals surface area contributed by atoms with E-state index in [9.17, 15) is 4.79 Å². The Labute approximate surface area is 120 Å². The summed E-state index contributed by atoms with van der Waals surface area (Å²) in [6.07, 6.45) is 3.98. The molecule has 0 radical (unpaired) electrons. The highest BCUT2D eigenvalue weighted by molar-refractivity contribution is 5.78. The van der Waals surface area contributed by atoms with Gasteiger partial charge >= 0.3 is 0 Å². The Kier molecular flexibility index (Phi) is 5.62. The van der Waals surface area contributed by atoms with Gasteiger partial charge in [0.25, 0.3) is 0 Å². The summed E-state index contributed by atoms with van der Waals surface area (Å²) in [7, 11) is 0. The maximum Gasteiger partial charge on any atom is 0.236 e. The molecule has 1 heterocycles. The van der Waals surface area contributed by atoms with Crippen molar-refractivity contribution in [2.75, 3.05) is 26.2 Å². The summed E-state index contributed by atoms with van der Waals surface area (Å²) < 4.78 is 5.59. The Bertz CT molecular complexity index is 454. The lowest BCUT2D eigenvalue weighted by Gasteiger charge is -2.16. The Hall–Kier alpha value is -1.81. The lowest BCUT2D eigenvalue weighted by atomic mass is 10.2. The minimum atomic E-state index is 0.187. The molecule has 0 spiro atoms. The molecule has 2 rings (SSSR count). The van der Waals surface area contributed by atoms with Gasteiger partial charge in [0.2, 0.25) is 5.91 Å². The molecule has 1 aromatic rings. The average Bonchev–Trinajstić information content (AvgIpc) is 3.00. The molecule has 0 saturated carbocycles. The van der Waals surface area contributed by atoms with Crippen molar-refractivity contribution >= 4 is 5.91 Å². The van der Waals surface area contributed by atoms with E-state index >= 15 is 0 Å². The summed E-state index contributed by atoms with van der Waals surface area (Å²) in [5.41, 5.74) is 1.06. The number of likely N-dealkylation sites (tertiary alicyclic amines) is 1. The number of carbonyl (C=O) groups is 1. The standard InChI is InChI=1S/C16H22N2O2/c1-2-11-20-15-8-4-3-7-14(15)12-17-13-16(19)18-9-5-6-10-18/h2-4,7-8,17H,1,5-6,9-13H2. The van der Waals surface area contributed by atoms with E-state index in [1.807, 2.05) is 29.2 Å². The van der Waals surface area contributed by atoms with Crippen LogP contribution in [0.25, 0.3) is 0 Å². The van der Waals surface area contributed by atoms with E-state index < -0.39 is 0 Å². The fourth-order valence-corrected chi connectivity index (χ4v) is 2.32. The van der Waals surface area contributed by atoms with Gasteiger partial charge in [-0.05, 0) is 18.9 Å². The quantitative estimate of drug-likeness (QED) is 0.773. The average molecular weight is 274 g/mol. The van der Waals surface area contributed by atoms with Gasteiger partial charge < -0.3 is 15.0 Å². The number of ether oxygens (including phenoxy) is 1. The van der Waals surface area contributed by atoms with Crippen molar-refractivity contribution in [3.63, 3.8) is 0 Å². The molecule has 20 heavy (non-hydrogen) atoms. The van der Waals surface area contributed by atoms with Crippen molar-refractivity contribution in [3.8, 4) is 5.75 Å². The van der Waals surface area contributed by atoms with Crippen molar-refractivity contribution in [1.82, 2.24) is 10.2 Å². The van der Waals surface area contributed by atoms with Crippen molar-refractivity contribution in [2.24, 2.45) is 0 Å². The molecule has 1 saturated heterocycles. The minimum absolute atomic E-state index is 0.187. The maximum atomic E-state index is 11.9. The first-order valence-corrected chi connectivity index (χ1v) is 7.11. The largest absolute Gasteiger partial charge is 0.489 e. The molecule has 1 fully saturated rings. The second-order valence-electron chi connectivity index (χ2n) is 4.90. The molecule has 108 valence electrons. The van der Waals surface area contributed by atoms with E-state index in [1.54, 1.807) is 6.08 Å². The summed E-state index contributed by atoms with van der Waals surface area (Å²) >= 11 is 0. The highest BCUT2D eigenvalue weighted by atomic mass is 16.5. The summed E-state index contributed by atoms with van der Waals surface area (Å²) in [4.78, 5) is 13.8. The van der Waals surface area contributed by atoms with Crippen molar-refractivity contribution < 1.29 is 9.53 Å². The van der Waals surface area contributed by atoms with E-state index in [0.29, 0.717) is 19.7 Å². The molecule has 1 aromatic carbocycles. The first kappa shape index (κ1) is 14.6. The van der Waals surface area contributed by atoms with Crippen LogP contribution in [0.3, 0.4) is 0 Å². The van der Waals surface area contributed by atoms with Gasteiger partial charge in [0.05, 0.1) is 6.54 Å². The molecule has 1 aliphatic heterocycles. The van der Waals surface area contributed by atoms with Crippen molar-refractivity contribution in [3.05, 3.63) is 42.5 Å². The number of rotatable bonds is 7. The SMILES string of the molecule is C=CCOc1ccccc1CNCC(=O)N1CCCC1. The summed E-state index contributed by atoms with van der Waals surface area (Å²) in [6.45, 7) is 6.96. The van der Waals surface area contributed by atoms with Gasteiger partial charge in [-0.2, -0.15) is 0 Å². The number of hydrogen-bond acceptors (Lipinski definition) is 3. The zero-order valence-corrected chi connectivity index (χ0v) is 11.8. The highest BCUT2D eigenvalue weighted by Crippen LogP contribution is 2.17. The second kappa shape index (κ2) is 7.70. The minimum Gasteiger partial charge on any atom is -0.489 e. The number of carbonyl (C=O) groups excluding carboxylic acids is 1. The van der Waals surface area contributed by atoms with E-state index in [4.69, 9.17) is 4.74 Å². The van der Waals surface area contributed by atoms with Gasteiger partial charge in [-0.15, -0.1) is 0 Å². The number of amides is 1. The van der Waals surface area contributed by atoms with E-state index in [0.717, 1.165) is 37.2 Å². The van der Waals surface area contributed by atoms with Crippen LogP contribution in [0.5, 0.6) is 5.75 Å². The number of hydrogen-bond donors (Lipinski definition) is 1. The Morgan fingerprint density at radius 3 is 2.85 bits per heavy atom. The van der Waals surface area contributed by atoms with Gasteiger partial charge in [-0.3, -0.25) is 4.79 Å². The van der Waals surface area contributed by atoms with E-state index in [1.165, 1.54) is 0 Å². The third-order valence-corrected chi connectivity index (χ3v) is 3.38. The van der Waals surface area contributed by atoms with Crippen LogP contribution in [0.4, 0.5) is 0 Å². The van der Waals surface area contributed by atoms with Crippen LogP contribution in [0, 0.1) is 0 Å². The lowest BCUT2D eigenvalue weighted by Crippen LogP contribution is -2.36. The van der Waals surface area contributed by atoms with Crippen molar-refractivity contribution in [2.45, 2.75) is 19.4 Å². The van der Waals surface area contributed by atoms with Crippen LogP contribution in [-0.4, -0.2) is 37.0 Å². The monoisotopic (exact) mass is 274 g/mol. The molecular formula is C16H22N2O2. The summed E-state index contributed by atoms with van der Waals surface area (Å²) in [5, 5.41) is 3.20. The molecule has 0 bridgehead atoms. The third-order valence-electron chi connectivity index (χ3n) is 3.38. The van der Waals surface area contributed by atoms with Gasteiger partial charge in [0.15, 0.2) is 0 Å². The molecule has 0 atom stereocenters. The van der Waals surface area contributed by atoms with Crippen LogP contribution in [-0.2, 0) is 11.3 Å². The van der Waals surface area contributed by atoms with Gasteiger partial charge in [-0.25, -0.2) is 0 Å². The van der Waals surface area contributed by atoms with Crippen LogP contribution in [0.1, 0.15) is 18.4 Å². The first-order chi connectivity index (χ1) is 9.81. The molecule has 1 N–H and O–H groups in total. The van der Waals surface area contributed by atoms with Gasteiger partial charge in [-0.1, -0.05) is 30.9 Å². The molecule has 4 nitrogen and oxygen atoms in total. The number of para-hydroxylation sites is 1. The molecule has 0 unspecified atom stereocenters. The van der Waals surface area contributed by atoms with Crippen LogP contribution in [0.15, 0.2) is 36.9 Å². The summed E-state index contributed by atoms with van der Waals surface area (Å²) in [5.74, 6) is 1.03. The van der Waals surface area contributed by atoms with Gasteiger partial charge in [0, 0.05) is 25.2 Å². The molecule has 1 aliphatic rings. The van der Waals surface area contributed by atoms with Gasteiger partial charge in [0.1, 0.15) is 12.4 Å². The van der Waals surface area contributed by atoms with Crippen LogP contribution >= 0.6 is 0 Å². The number of benzene rings is 1. The summed E-state index contributed by atoms with van der Waals surface area (Å²) in [6, 6.07) is 7.85. The van der Waals surface area contributed by atoms with E-state index in [-0.39, 0.29) is 5.91 Å². The predicted octanol–water partition coefficient (Wildman–Crippen LogP) is 1.96. The molecule has 1 amide bonds. The topological polar surface area (TPSA) is 41.6 Å². The first-order valence-electron chi connectivity index (χ1n) is 7.11. The fraction of sp³-hybridized carbons (Fsp3) is 0.438. The molecule has 0 aromatic heterocycles. The van der Waals surface area contributed by atoms with Crippen molar-refractivity contribution in [1.29, 1.82) is 0 Å². The Morgan fingerprint density at radius 1 is 1.35 bits per heavy atom. The number of nitrogens with one attached hydrogen (secondary N) is 1. The molecule has 0 aliphatic carbocycles. The smallest absolute Gasteiger partial charge is 0.236 e. The number of nitrogens with zero attached hydrogens (tertiary/aromatic N) is 1. The zero-order valence-electron chi connectivity index (χ0n) is 11.8. The molecule has 4 heteroatoms. The Balaban J connectivity index is 1.81. The zero-order chi connectivity index (χ0) is 14.2. The highest BCUT2D eigenvalue weighted by Gasteiger charge is 2.17. The maximum absolute atomic E-state index is 11.9. The van der Waals surface area contributed by atoms with Crippen LogP contribution < -0.4 is 10.1 Å². The normalized spacial score (nSPS) is 14.3.